The maximum Gasteiger partial charge on any atom is 0.0155 e. The van der Waals surface area contributed by atoms with Gasteiger partial charge in [0.1, 0.15) is 0 Å². The minimum atomic E-state index is 0.760. The summed E-state index contributed by atoms with van der Waals surface area (Å²) in [6, 6.07) is 0.760. The van der Waals surface area contributed by atoms with Gasteiger partial charge in [-0.15, -0.1) is 0 Å². The van der Waals surface area contributed by atoms with Gasteiger partial charge in [-0.1, -0.05) is 19.8 Å². The van der Waals surface area contributed by atoms with Crippen LogP contribution in [0.1, 0.15) is 32.6 Å². The highest BCUT2D eigenvalue weighted by atomic mass is 32.2. The van der Waals surface area contributed by atoms with Crippen molar-refractivity contribution in [1.29, 1.82) is 0 Å². The second kappa shape index (κ2) is 5.87. The normalized spacial score (nSPS) is 19.5. The molecule has 1 saturated carbocycles. The first-order valence-corrected chi connectivity index (χ1v) is 6.27. The average molecular weight is 187 g/mol. The Kier molecular flexibility index (Phi) is 5.08. The van der Waals surface area contributed by atoms with Gasteiger partial charge in [-0.25, -0.2) is 0 Å². The molecule has 0 heterocycles. The molecule has 0 aliphatic heterocycles. The Labute approximate surface area is 80.7 Å². The fourth-order valence-electron chi connectivity index (χ4n) is 1.41. The highest BCUT2D eigenvalue weighted by molar-refractivity contribution is 7.99. The van der Waals surface area contributed by atoms with Gasteiger partial charge in [-0.2, -0.15) is 11.8 Å². The van der Waals surface area contributed by atoms with Crippen LogP contribution in [0.5, 0.6) is 0 Å². The van der Waals surface area contributed by atoms with E-state index < -0.39 is 0 Å². The van der Waals surface area contributed by atoms with Gasteiger partial charge in [0.15, 0.2) is 0 Å². The Bertz CT molecular complexity index is 112. The molecular weight excluding hydrogens is 166 g/mol. The summed E-state index contributed by atoms with van der Waals surface area (Å²) in [7, 11) is 2.09. The van der Waals surface area contributed by atoms with E-state index >= 15 is 0 Å². The zero-order chi connectivity index (χ0) is 8.81. The van der Waals surface area contributed by atoms with Crippen LogP contribution in [-0.4, -0.2) is 24.6 Å². The van der Waals surface area contributed by atoms with Crippen LogP contribution in [-0.2, 0) is 0 Å². The number of hydrogen-bond donors (Lipinski definition) is 1. The monoisotopic (exact) mass is 187 g/mol. The molecule has 0 spiro atoms. The number of hydrogen-bond acceptors (Lipinski definition) is 2. The summed E-state index contributed by atoms with van der Waals surface area (Å²) in [5.74, 6) is 3.63. The lowest BCUT2D eigenvalue weighted by Gasteiger charge is -2.14. The standard InChI is InChI=1S/C10H21NS/c1-3-12-8-10(11-2)7-6-9-4-5-9/h9-11H,3-8H2,1-2H3. The van der Waals surface area contributed by atoms with Gasteiger partial charge < -0.3 is 5.32 Å². The molecule has 0 aromatic rings. The van der Waals surface area contributed by atoms with Crippen LogP contribution in [0.2, 0.25) is 0 Å². The van der Waals surface area contributed by atoms with Crippen molar-refractivity contribution in [2.45, 2.75) is 38.6 Å². The van der Waals surface area contributed by atoms with E-state index in [0.717, 1.165) is 12.0 Å². The smallest absolute Gasteiger partial charge is 0.0155 e. The molecule has 0 saturated heterocycles. The van der Waals surface area contributed by atoms with Gasteiger partial charge in [0.25, 0.3) is 0 Å². The Morgan fingerprint density at radius 2 is 2.25 bits per heavy atom. The molecule has 1 unspecified atom stereocenters. The molecular formula is C10H21NS. The second-order valence-corrected chi connectivity index (χ2v) is 4.98. The zero-order valence-corrected chi connectivity index (χ0v) is 9.12. The van der Waals surface area contributed by atoms with Gasteiger partial charge in [0, 0.05) is 11.8 Å². The summed E-state index contributed by atoms with van der Waals surface area (Å²) < 4.78 is 0. The minimum absolute atomic E-state index is 0.760. The van der Waals surface area contributed by atoms with Crippen molar-refractivity contribution in [2.75, 3.05) is 18.6 Å². The summed E-state index contributed by atoms with van der Waals surface area (Å²) in [5, 5.41) is 3.40. The zero-order valence-electron chi connectivity index (χ0n) is 8.31. The summed E-state index contributed by atoms with van der Waals surface area (Å²) >= 11 is 2.05. The van der Waals surface area contributed by atoms with Crippen LogP contribution in [0.15, 0.2) is 0 Å². The maximum absolute atomic E-state index is 3.40. The number of thioether (sulfide) groups is 1. The van der Waals surface area contributed by atoms with Gasteiger partial charge in [0.05, 0.1) is 0 Å². The predicted molar refractivity (Wildman–Crippen MR) is 57.8 cm³/mol. The van der Waals surface area contributed by atoms with Gasteiger partial charge >= 0.3 is 0 Å². The quantitative estimate of drug-likeness (QED) is 0.657. The first-order chi connectivity index (χ1) is 5.86. The van der Waals surface area contributed by atoms with Crippen molar-refractivity contribution in [3.8, 4) is 0 Å². The lowest BCUT2D eigenvalue weighted by Crippen LogP contribution is -2.27. The molecule has 2 heteroatoms. The molecule has 1 aliphatic carbocycles. The summed E-state index contributed by atoms with van der Waals surface area (Å²) in [6.45, 7) is 2.23. The maximum atomic E-state index is 3.40. The van der Waals surface area contributed by atoms with E-state index in [9.17, 15) is 0 Å². The van der Waals surface area contributed by atoms with Crippen molar-refractivity contribution in [1.82, 2.24) is 5.32 Å². The topological polar surface area (TPSA) is 12.0 Å². The van der Waals surface area contributed by atoms with Crippen LogP contribution >= 0.6 is 11.8 Å². The van der Waals surface area contributed by atoms with Gasteiger partial charge in [-0.05, 0) is 31.6 Å². The Balaban J connectivity index is 1.98. The average Bonchev–Trinajstić information content (AvgIpc) is 2.89. The van der Waals surface area contributed by atoms with Crippen LogP contribution in [0.25, 0.3) is 0 Å². The molecule has 1 aliphatic rings. The highest BCUT2D eigenvalue weighted by Gasteiger charge is 2.21. The van der Waals surface area contributed by atoms with E-state index in [-0.39, 0.29) is 0 Å². The molecule has 1 N–H and O–H groups in total. The summed E-state index contributed by atoms with van der Waals surface area (Å²) in [4.78, 5) is 0. The molecule has 0 bridgehead atoms. The van der Waals surface area contributed by atoms with Gasteiger partial charge in [-0.3, -0.25) is 0 Å². The predicted octanol–water partition coefficient (Wildman–Crippen LogP) is 2.52. The first-order valence-electron chi connectivity index (χ1n) is 5.11. The Hall–Kier alpha value is 0.310. The van der Waals surface area contributed by atoms with E-state index in [0.29, 0.717) is 0 Å². The lowest BCUT2D eigenvalue weighted by molar-refractivity contribution is 0.526. The van der Waals surface area contributed by atoms with Gasteiger partial charge in [0.2, 0.25) is 0 Å². The molecule has 0 aromatic heterocycles. The summed E-state index contributed by atoms with van der Waals surface area (Å²) in [6.07, 6.45) is 5.83. The third-order valence-electron chi connectivity index (χ3n) is 2.55. The number of rotatable bonds is 7. The third kappa shape index (κ3) is 4.36. The molecule has 1 atom stereocenters. The minimum Gasteiger partial charge on any atom is -0.316 e. The second-order valence-electron chi connectivity index (χ2n) is 3.67. The van der Waals surface area contributed by atoms with E-state index in [2.05, 4.69) is 31.1 Å². The lowest BCUT2D eigenvalue weighted by atomic mass is 10.1. The highest BCUT2D eigenvalue weighted by Crippen LogP contribution is 2.34. The molecule has 1 fully saturated rings. The van der Waals surface area contributed by atoms with E-state index in [4.69, 9.17) is 0 Å². The fourth-order valence-corrected chi connectivity index (χ4v) is 2.27. The SMILES string of the molecule is CCSCC(CCC1CC1)NC. The molecule has 0 amide bonds. The summed E-state index contributed by atoms with van der Waals surface area (Å²) in [5.41, 5.74) is 0. The molecule has 0 radical (unpaired) electrons. The van der Waals surface area contributed by atoms with Crippen molar-refractivity contribution < 1.29 is 0 Å². The van der Waals surface area contributed by atoms with Crippen molar-refractivity contribution >= 4 is 11.8 Å². The van der Waals surface area contributed by atoms with Crippen LogP contribution < -0.4 is 5.32 Å². The molecule has 12 heavy (non-hydrogen) atoms. The fraction of sp³-hybridized carbons (Fsp3) is 1.00. The van der Waals surface area contributed by atoms with Crippen LogP contribution in [0.3, 0.4) is 0 Å². The van der Waals surface area contributed by atoms with Crippen molar-refractivity contribution in [3.63, 3.8) is 0 Å². The third-order valence-corrected chi connectivity index (χ3v) is 3.60. The van der Waals surface area contributed by atoms with Crippen LogP contribution in [0.4, 0.5) is 0 Å². The van der Waals surface area contributed by atoms with E-state index in [1.807, 2.05) is 0 Å². The van der Waals surface area contributed by atoms with E-state index in [1.165, 1.54) is 37.2 Å². The largest absolute Gasteiger partial charge is 0.316 e. The van der Waals surface area contributed by atoms with E-state index in [1.54, 1.807) is 0 Å². The molecule has 72 valence electrons. The molecule has 1 nitrogen and oxygen atoms in total. The number of nitrogens with one attached hydrogen (secondary N) is 1. The first kappa shape index (κ1) is 10.4. The molecule has 1 rings (SSSR count). The Morgan fingerprint density at radius 3 is 2.75 bits per heavy atom. The van der Waals surface area contributed by atoms with Crippen LogP contribution in [0, 0.1) is 5.92 Å². The van der Waals surface area contributed by atoms with Crippen molar-refractivity contribution in [2.24, 2.45) is 5.92 Å². The molecule has 0 aromatic carbocycles. The Morgan fingerprint density at radius 1 is 1.50 bits per heavy atom. The van der Waals surface area contributed by atoms with Crippen molar-refractivity contribution in [3.05, 3.63) is 0 Å².